The zero-order valence-electron chi connectivity index (χ0n) is 18.8. The molecule has 0 aliphatic heterocycles. The monoisotopic (exact) mass is 438 g/mol. The van der Waals surface area contributed by atoms with Gasteiger partial charge in [0, 0.05) is 42.6 Å². The van der Waals surface area contributed by atoms with Crippen LogP contribution in [0.25, 0.3) is 0 Å². The fourth-order valence-electron chi connectivity index (χ4n) is 3.24. The molecule has 0 saturated carbocycles. The highest BCUT2D eigenvalue weighted by molar-refractivity contribution is 7.09. The smallest absolute Gasteiger partial charge is 0.226 e. The maximum absolute atomic E-state index is 12.5. The summed E-state index contributed by atoms with van der Waals surface area (Å²) < 4.78 is 9.82. The van der Waals surface area contributed by atoms with Gasteiger partial charge in [-0.2, -0.15) is 4.37 Å². The van der Waals surface area contributed by atoms with Gasteiger partial charge in [0.2, 0.25) is 11.0 Å². The molecule has 0 atom stereocenters. The van der Waals surface area contributed by atoms with Gasteiger partial charge in [-0.15, -0.1) is 0 Å². The van der Waals surface area contributed by atoms with E-state index < -0.39 is 0 Å². The van der Waals surface area contributed by atoms with E-state index in [9.17, 15) is 4.79 Å². The summed E-state index contributed by atoms with van der Waals surface area (Å²) in [5.41, 5.74) is 4.32. The van der Waals surface area contributed by atoms with Gasteiger partial charge in [-0.1, -0.05) is 18.2 Å². The Morgan fingerprint density at radius 2 is 1.97 bits per heavy atom. The number of amides is 1. The summed E-state index contributed by atoms with van der Waals surface area (Å²) in [5, 5.41) is 3.83. The van der Waals surface area contributed by atoms with Crippen LogP contribution in [0.4, 0.5) is 10.8 Å². The predicted octanol–water partition coefficient (Wildman–Crippen LogP) is 5.00. The quantitative estimate of drug-likeness (QED) is 0.509. The molecule has 164 valence electrons. The highest BCUT2D eigenvalue weighted by Crippen LogP contribution is 2.23. The van der Waals surface area contributed by atoms with Gasteiger partial charge in [-0.3, -0.25) is 4.79 Å². The first-order valence-electron chi connectivity index (χ1n) is 10.4. The molecule has 3 aromatic rings. The molecule has 0 saturated heterocycles. The van der Waals surface area contributed by atoms with E-state index in [2.05, 4.69) is 35.4 Å². The van der Waals surface area contributed by atoms with Crippen LogP contribution >= 0.6 is 11.5 Å². The van der Waals surface area contributed by atoms with Gasteiger partial charge in [-0.25, -0.2) is 4.98 Å². The molecule has 1 N–H and O–H groups in total. The molecule has 0 unspecified atom stereocenters. The minimum Gasteiger partial charge on any atom is -0.497 e. The van der Waals surface area contributed by atoms with E-state index in [1.807, 2.05) is 49.4 Å². The highest BCUT2D eigenvalue weighted by Gasteiger charge is 2.17. The number of aryl methyl sites for hydroxylation is 2. The Morgan fingerprint density at radius 1 is 1.16 bits per heavy atom. The average Bonchev–Trinajstić information content (AvgIpc) is 3.18. The number of benzene rings is 2. The Bertz CT molecular complexity index is 1030. The summed E-state index contributed by atoms with van der Waals surface area (Å²) in [7, 11) is 1.66. The molecule has 0 aliphatic carbocycles. The maximum atomic E-state index is 12.5. The van der Waals surface area contributed by atoms with Gasteiger partial charge >= 0.3 is 0 Å². The summed E-state index contributed by atoms with van der Waals surface area (Å²) in [5.74, 6) is 1.60. The van der Waals surface area contributed by atoms with Gasteiger partial charge in [0.05, 0.1) is 7.11 Å². The maximum Gasteiger partial charge on any atom is 0.226 e. The number of rotatable bonds is 9. The molecule has 0 fully saturated rings. The SMILES string of the molecule is COc1cccc(Cc2nsc(N(CCC(=O)Nc3ccc(C)c(C)c3)C(C)C)n2)c1. The molecule has 1 heterocycles. The third-order valence-corrected chi connectivity index (χ3v) is 5.98. The minimum atomic E-state index is -0.00461. The second-order valence-electron chi connectivity index (χ2n) is 7.91. The zero-order chi connectivity index (χ0) is 22.4. The first-order valence-corrected chi connectivity index (χ1v) is 11.2. The number of aromatic nitrogens is 2. The van der Waals surface area contributed by atoms with Gasteiger partial charge in [0.1, 0.15) is 11.6 Å². The predicted molar refractivity (Wildman–Crippen MR) is 127 cm³/mol. The van der Waals surface area contributed by atoms with Crippen molar-refractivity contribution >= 4 is 28.3 Å². The lowest BCUT2D eigenvalue weighted by Crippen LogP contribution is -2.33. The fourth-order valence-corrected chi connectivity index (χ4v) is 4.08. The summed E-state index contributed by atoms with van der Waals surface area (Å²) in [6, 6.07) is 14.1. The number of carbonyl (C=O) groups is 1. The van der Waals surface area contributed by atoms with E-state index in [0.29, 0.717) is 19.4 Å². The van der Waals surface area contributed by atoms with Crippen LogP contribution in [0.2, 0.25) is 0 Å². The Morgan fingerprint density at radius 3 is 2.68 bits per heavy atom. The van der Waals surface area contributed by atoms with Crippen molar-refractivity contribution in [3.05, 3.63) is 65.0 Å². The zero-order valence-corrected chi connectivity index (χ0v) is 19.6. The van der Waals surface area contributed by atoms with Crippen molar-refractivity contribution in [3.63, 3.8) is 0 Å². The van der Waals surface area contributed by atoms with Crippen molar-refractivity contribution in [2.24, 2.45) is 0 Å². The van der Waals surface area contributed by atoms with Crippen LogP contribution in [-0.2, 0) is 11.2 Å². The van der Waals surface area contributed by atoms with E-state index >= 15 is 0 Å². The van der Waals surface area contributed by atoms with Crippen molar-refractivity contribution in [2.45, 2.75) is 46.6 Å². The molecular formula is C24H30N4O2S. The lowest BCUT2D eigenvalue weighted by molar-refractivity contribution is -0.116. The Labute approximate surface area is 188 Å². The van der Waals surface area contributed by atoms with E-state index in [0.717, 1.165) is 28.0 Å². The summed E-state index contributed by atoms with van der Waals surface area (Å²) in [6.07, 6.45) is 1.03. The van der Waals surface area contributed by atoms with Crippen molar-refractivity contribution in [1.29, 1.82) is 0 Å². The molecule has 0 spiro atoms. The van der Waals surface area contributed by atoms with Crippen LogP contribution in [0.3, 0.4) is 0 Å². The number of nitrogens with one attached hydrogen (secondary N) is 1. The van der Waals surface area contributed by atoms with Crippen LogP contribution in [0.1, 0.15) is 42.8 Å². The largest absolute Gasteiger partial charge is 0.497 e. The Hall–Kier alpha value is -2.93. The third kappa shape index (κ3) is 6.28. The van der Waals surface area contributed by atoms with E-state index in [4.69, 9.17) is 9.72 Å². The molecule has 0 aliphatic rings. The minimum absolute atomic E-state index is 0.00461. The molecule has 2 aromatic carbocycles. The molecule has 31 heavy (non-hydrogen) atoms. The summed E-state index contributed by atoms with van der Waals surface area (Å²) in [4.78, 5) is 19.3. The topological polar surface area (TPSA) is 67.3 Å². The van der Waals surface area contributed by atoms with Crippen LogP contribution in [0.5, 0.6) is 5.75 Å². The molecule has 1 aromatic heterocycles. The third-order valence-electron chi connectivity index (χ3n) is 5.19. The summed E-state index contributed by atoms with van der Waals surface area (Å²) >= 11 is 1.38. The van der Waals surface area contributed by atoms with Crippen molar-refractivity contribution in [1.82, 2.24) is 9.36 Å². The molecule has 7 heteroatoms. The van der Waals surface area contributed by atoms with Gasteiger partial charge in [-0.05, 0) is 68.7 Å². The number of ether oxygens (including phenoxy) is 1. The Balaban J connectivity index is 1.61. The second-order valence-corrected chi connectivity index (χ2v) is 8.64. The van der Waals surface area contributed by atoms with Gasteiger partial charge < -0.3 is 15.0 Å². The summed E-state index contributed by atoms with van der Waals surface area (Å²) in [6.45, 7) is 8.90. The average molecular weight is 439 g/mol. The molecule has 0 bridgehead atoms. The number of hydrogen-bond donors (Lipinski definition) is 1. The van der Waals surface area contributed by atoms with Crippen molar-refractivity contribution in [3.8, 4) is 5.75 Å². The number of nitrogens with zero attached hydrogens (tertiary/aromatic N) is 3. The molecule has 3 rings (SSSR count). The normalized spacial score (nSPS) is 10.9. The van der Waals surface area contributed by atoms with Crippen LogP contribution in [0, 0.1) is 13.8 Å². The molecule has 6 nitrogen and oxygen atoms in total. The van der Waals surface area contributed by atoms with Crippen molar-refractivity contribution in [2.75, 3.05) is 23.9 Å². The number of anilines is 2. The van der Waals surface area contributed by atoms with Crippen LogP contribution < -0.4 is 15.0 Å². The molecule has 1 amide bonds. The van der Waals surface area contributed by atoms with E-state index in [1.54, 1.807) is 7.11 Å². The van der Waals surface area contributed by atoms with E-state index in [-0.39, 0.29) is 11.9 Å². The standard InChI is InChI=1S/C24H30N4O2S/c1-16(2)28(12-11-23(29)25-20-10-9-17(3)18(4)13-20)24-26-22(27-31-24)15-19-7-6-8-21(14-19)30-5/h6-10,13-14,16H,11-12,15H2,1-5H3,(H,25,29). The molecular weight excluding hydrogens is 408 g/mol. The second kappa shape index (κ2) is 10.4. The Kier molecular flexibility index (Phi) is 7.63. The van der Waals surface area contributed by atoms with E-state index in [1.165, 1.54) is 22.7 Å². The first kappa shape index (κ1) is 22.7. The van der Waals surface area contributed by atoms with Gasteiger partial charge in [0.25, 0.3) is 0 Å². The van der Waals surface area contributed by atoms with Crippen LogP contribution in [0.15, 0.2) is 42.5 Å². The lowest BCUT2D eigenvalue weighted by atomic mass is 10.1. The lowest BCUT2D eigenvalue weighted by Gasteiger charge is -2.25. The molecule has 0 radical (unpaired) electrons. The number of hydrogen-bond acceptors (Lipinski definition) is 6. The number of carbonyl (C=O) groups excluding carboxylic acids is 1. The van der Waals surface area contributed by atoms with Gasteiger partial charge in [0.15, 0.2) is 0 Å². The fraction of sp³-hybridized carbons (Fsp3) is 0.375. The highest BCUT2D eigenvalue weighted by atomic mass is 32.1. The van der Waals surface area contributed by atoms with Crippen LogP contribution in [-0.4, -0.2) is 35.0 Å². The first-order chi connectivity index (χ1) is 14.9. The van der Waals surface area contributed by atoms with Crippen molar-refractivity contribution < 1.29 is 9.53 Å². The number of methoxy groups -OCH3 is 1.